The topological polar surface area (TPSA) is 35.5 Å². The van der Waals surface area contributed by atoms with Gasteiger partial charge in [0.05, 0.1) is 0 Å². The van der Waals surface area contributed by atoms with Crippen molar-refractivity contribution in [3.63, 3.8) is 0 Å². The van der Waals surface area contributed by atoms with Crippen LogP contribution < -0.4 is 0 Å². The van der Waals surface area contributed by atoms with Crippen LogP contribution in [-0.4, -0.2) is 54.4 Å². The van der Waals surface area contributed by atoms with Crippen LogP contribution >= 0.6 is 0 Å². The average molecular weight is 498 g/mol. The third-order valence-electron chi connectivity index (χ3n) is 2.62. The summed E-state index contributed by atoms with van der Waals surface area (Å²) in [4.78, 5) is 9.86. The molecule has 0 aliphatic rings. The van der Waals surface area contributed by atoms with Gasteiger partial charge >= 0.3 is 54.4 Å². The summed E-state index contributed by atoms with van der Waals surface area (Å²) >= 11 is 0. The maximum absolute atomic E-state index is 13.5. The van der Waals surface area contributed by atoms with Crippen LogP contribution in [0.2, 0.25) is 0 Å². The molecule has 3 nitrogen and oxygen atoms in total. The Kier molecular flexibility index (Phi) is 6.79. The summed E-state index contributed by atoms with van der Waals surface area (Å²) in [7, 11) is 0. The van der Waals surface area contributed by atoms with E-state index in [0.29, 0.717) is 0 Å². The molecule has 0 N–H and O–H groups in total. The number of rotatable bonds is 7. The van der Waals surface area contributed by atoms with Crippen molar-refractivity contribution in [2.24, 2.45) is 0 Å². The molecule has 0 rings (SSSR count). The Labute approximate surface area is 149 Å². The number of halogens is 18. The maximum Gasteiger partial charge on any atom is 0.462 e. The summed E-state index contributed by atoms with van der Waals surface area (Å²) in [5, 5.41) is 0. The fourth-order valence-electron chi connectivity index (χ4n) is 1.14. The molecule has 0 spiro atoms. The molecule has 180 valence electrons. The highest BCUT2D eigenvalue weighted by molar-refractivity contribution is 5.77. The second-order valence-corrected chi connectivity index (χ2v) is 4.77. The lowest BCUT2D eigenvalue weighted by Crippen LogP contribution is -2.67. The monoisotopic (exact) mass is 498 g/mol. The molecule has 0 radical (unpaired) electrons. The van der Waals surface area contributed by atoms with E-state index in [-0.39, 0.29) is 0 Å². The minimum absolute atomic E-state index is 1.15. The lowest BCUT2D eigenvalue weighted by molar-refractivity contribution is -0.548. The Morgan fingerprint density at radius 2 is 0.867 bits per heavy atom. The number of carbonyl (C=O) groups excluding carboxylic acids is 1. The predicted molar refractivity (Wildman–Crippen MR) is 49.0 cm³/mol. The third kappa shape index (κ3) is 4.49. The van der Waals surface area contributed by atoms with Crippen molar-refractivity contribution < 1.29 is 93.3 Å². The third-order valence-corrected chi connectivity index (χ3v) is 2.62. The summed E-state index contributed by atoms with van der Waals surface area (Å²) in [5.74, 6) is -23.3. The molecule has 0 aromatic heterocycles. The van der Waals surface area contributed by atoms with E-state index < -0.39 is 54.4 Å². The van der Waals surface area contributed by atoms with Crippen molar-refractivity contribution in [3.8, 4) is 0 Å². The molecule has 30 heavy (non-hydrogen) atoms. The zero-order valence-corrected chi connectivity index (χ0v) is 12.5. The van der Waals surface area contributed by atoms with E-state index in [1.165, 1.54) is 4.74 Å². The van der Waals surface area contributed by atoms with Crippen molar-refractivity contribution in [2.75, 3.05) is 0 Å². The van der Waals surface area contributed by atoms with Gasteiger partial charge in [-0.2, -0.15) is 79.0 Å². The highest BCUT2D eigenvalue weighted by Gasteiger charge is 2.85. The van der Waals surface area contributed by atoms with Crippen LogP contribution in [0.1, 0.15) is 0 Å². The first-order chi connectivity index (χ1) is 12.6. The molecular weight excluding hydrogens is 498 g/mol. The van der Waals surface area contributed by atoms with Gasteiger partial charge in [-0.3, -0.25) is 14.3 Å². The summed E-state index contributed by atoms with van der Waals surface area (Å²) < 4.78 is 227. The normalized spacial score (nSPS) is 19.3. The Balaban J connectivity index is 6.63. The van der Waals surface area contributed by atoms with Gasteiger partial charge in [-0.25, -0.2) is 0 Å². The average Bonchev–Trinajstić information content (AvgIpc) is 2.41. The first-order valence-corrected chi connectivity index (χ1v) is 5.92. The van der Waals surface area contributed by atoms with Crippen molar-refractivity contribution in [3.05, 3.63) is 0 Å². The number of hydrogen-bond acceptors (Lipinski definition) is 3. The molecule has 0 unspecified atom stereocenters. The summed E-state index contributed by atoms with van der Waals surface area (Å²) in [6.07, 6.45) is -39.1. The molecule has 0 saturated carbocycles. The highest BCUT2D eigenvalue weighted by Crippen LogP contribution is 2.56. The Bertz CT molecular complexity index is 645. The fraction of sp³-hybridized carbons (Fsp3) is 0.889. The predicted octanol–water partition coefficient (Wildman–Crippen LogP) is 5.36. The van der Waals surface area contributed by atoms with Crippen molar-refractivity contribution in [1.82, 2.24) is 0 Å². The highest BCUT2D eigenvalue weighted by atomic mass is 19.4. The van der Waals surface area contributed by atoms with Gasteiger partial charge in [0.2, 0.25) is 0 Å². The Morgan fingerprint density at radius 3 is 1.10 bits per heavy atom. The van der Waals surface area contributed by atoms with E-state index in [9.17, 15) is 83.8 Å². The van der Waals surface area contributed by atoms with Gasteiger partial charge in [-0.15, -0.1) is 0 Å². The minimum Gasteiger partial charge on any atom is -0.262 e. The van der Waals surface area contributed by atoms with Crippen molar-refractivity contribution >= 4 is 6.04 Å². The first-order valence-electron chi connectivity index (χ1n) is 5.92. The molecule has 0 bridgehead atoms. The van der Waals surface area contributed by atoms with E-state index in [1.54, 1.807) is 0 Å². The molecule has 2 atom stereocenters. The van der Waals surface area contributed by atoms with Crippen LogP contribution in [0.15, 0.2) is 0 Å². The van der Waals surface area contributed by atoms with Gasteiger partial charge in [-0.05, 0) is 0 Å². The molecule has 0 aromatic rings. The molecule has 0 fully saturated rings. The molecule has 0 aliphatic heterocycles. The second-order valence-electron chi connectivity index (χ2n) is 4.77. The van der Waals surface area contributed by atoms with Crippen LogP contribution in [0, 0.1) is 0 Å². The van der Waals surface area contributed by atoms with Gasteiger partial charge in [0.1, 0.15) is 0 Å². The van der Waals surface area contributed by atoms with Crippen LogP contribution in [0.25, 0.3) is 0 Å². The molecule has 21 heteroatoms. The summed E-state index contributed by atoms with van der Waals surface area (Å²) in [6, 6.07) is -4.79. The van der Waals surface area contributed by atoms with E-state index in [1.807, 2.05) is 0 Å². The molecular formula is C9F18O3. The van der Waals surface area contributed by atoms with E-state index in [4.69, 9.17) is 0 Å². The first kappa shape index (κ1) is 28.3. The number of hydrogen-bond donors (Lipinski definition) is 0. The largest absolute Gasteiger partial charge is 0.462 e. The lowest BCUT2D eigenvalue weighted by Gasteiger charge is -2.39. The van der Waals surface area contributed by atoms with E-state index >= 15 is 0 Å². The standard InChI is InChI=1S/C9F18O3/c10-1(28)2(11,5(15,16)17)29-9(26,27)4(14,7(21,22)23)30-8(24,25)3(12,13)6(18,19)20/t2-,4-/m0/s1. The molecule has 0 heterocycles. The van der Waals surface area contributed by atoms with Gasteiger partial charge in [0.15, 0.2) is 0 Å². The fourth-order valence-corrected chi connectivity index (χ4v) is 1.14. The second kappa shape index (κ2) is 7.19. The molecule has 0 aliphatic carbocycles. The number of ether oxygens (including phenoxy) is 2. The van der Waals surface area contributed by atoms with Crippen LogP contribution in [0.3, 0.4) is 0 Å². The van der Waals surface area contributed by atoms with E-state index in [2.05, 4.69) is 0 Å². The van der Waals surface area contributed by atoms with Crippen molar-refractivity contribution in [1.29, 1.82) is 0 Å². The smallest absolute Gasteiger partial charge is 0.262 e. The number of alkyl halides is 17. The lowest BCUT2D eigenvalue weighted by atomic mass is 10.2. The molecule has 0 amide bonds. The van der Waals surface area contributed by atoms with Gasteiger partial charge in [-0.1, -0.05) is 0 Å². The Hall–Kier alpha value is -1.67. The van der Waals surface area contributed by atoms with Crippen LogP contribution in [0.5, 0.6) is 0 Å². The van der Waals surface area contributed by atoms with Crippen LogP contribution in [0.4, 0.5) is 79.0 Å². The van der Waals surface area contributed by atoms with Gasteiger partial charge in [0, 0.05) is 0 Å². The zero-order chi connectivity index (χ0) is 25.0. The minimum atomic E-state index is -8.14. The quantitative estimate of drug-likeness (QED) is 0.351. The van der Waals surface area contributed by atoms with Gasteiger partial charge in [0.25, 0.3) is 0 Å². The molecule has 0 aromatic carbocycles. The van der Waals surface area contributed by atoms with E-state index in [0.717, 1.165) is 4.74 Å². The molecule has 0 saturated heterocycles. The van der Waals surface area contributed by atoms with Gasteiger partial charge < -0.3 is 0 Å². The number of carbonyl (C=O) groups is 1. The maximum atomic E-state index is 13.5. The zero-order valence-electron chi connectivity index (χ0n) is 12.5. The van der Waals surface area contributed by atoms with Crippen molar-refractivity contribution in [2.45, 2.75) is 48.4 Å². The SMILES string of the molecule is O=C(F)[C@](F)(OC(F)(F)[C@@](F)(OC(F)(F)C(F)(F)C(F)(F)F)C(F)(F)F)C(F)(F)F. The van der Waals surface area contributed by atoms with Crippen LogP contribution in [-0.2, 0) is 14.3 Å². The summed E-state index contributed by atoms with van der Waals surface area (Å²) in [5.41, 5.74) is 0. The summed E-state index contributed by atoms with van der Waals surface area (Å²) in [6.45, 7) is 0. The Morgan fingerprint density at radius 1 is 0.500 bits per heavy atom.